The molecule has 1 aromatic carbocycles. The second-order valence-electron chi connectivity index (χ2n) is 4.44. The molecule has 0 bridgehead atoms. The molecular weight excluding hydrogens is 398 g/mol. The summed E-state index contributed by atoms with van der Waals surface area (Å²) in [5, 5.41) is 0. The van der Waals surface area contributed by atoms with E-state index in [-0.39, 0.29) is 10.8 Å². The molecule has 4 nitrogen and oxygen atoms in total. The molecular formula is C12H17Br2NO3S. The van der Waals surface area contributed by atoms with Crippen molar-refractivity contribution in [2.45, 2.75) is 18.7 Å². The van der Waals surface area contributed by atoms with Crippen LogP contribution in [0.15, 0.2) is 26.0 Å². The van der Waals surface area contributed by atoms with Gasteiger partial charge in [0.2, 0.25) is 10.0 Å². The number of hydrogen-bond donors (Lipinski definition) is 1. The van der Waals surface area contributed by atoms with Crippen LogP contribution in [0.4, 0.5) is 0 Å². The SMILES string of the molecule is COCC(C)CNS(=O)(=O)c1cc(Br)c(C)cc1Br. The number of ether oxygens (including phenoxy) is 1. The number of benzene rings is 1. The molecule has 0 aliphatic rings. The highest BCUT2D eigenvalue weighted by atomic mass is 79.9. The van der Waals surface area contributed by atoms with Gasteiger partial charge in [-0.2, -0.15) is 0 Å². The van der Waals surface area contributed by atoms with Gasteiger partial charge < -0.3 is 4.74 Å². The highest BCUT2D eigenvalue weighted by molar-refractivity contribution is 9.11. The van der Waals surface area contributed by atoms with Crippen molar-refractivity contribution in [2.75, 3.05) is 20.3 Å². The summed E-state index contributed by atoms with van der Waals surface area (Å²) in [5.41, 5.74) is 0.971. The van der Waals surface area contributed by atoms with E-state index >= 15 is 0 Å². The Hall–Kier alpha value is 0.0500. The van der Waals surface area contributed by atoms with Crippen LogP contribution in [-0.4, -0.2) is 28.7 Å². The molecule has 0 fully saturated rings. The first-order valence-corrected chi connectivity index (χ1v) is 8.79. The summed E-state index contributed by atoms with van der Waals surface area (Å²) in [6.45, 7) is 4.68. The van der Waals surface area contributed by atoms with Crippen LogP contribution in [0.5, 0.6) is 0 Å². The van der Waals surface area contributed by atoms with Crippen LogP contribution in [0.3, 0.4) is 0 Å². The minimum Gasteiger partial charge on any atom is -0.384 e. The predicted octanol–water partition coefficient (Wildman–Crippen LogP) is 3.08. The van der Waals surface area contributed by atoms with E-state index in [1.54, 1.807) is 19.2 Å². The van der Waals surface area contributed by atoms with Crippen molar-refractivity contribution in [3.05, 3.63) is 26.6 Å². The molecule has 0 amide bonds. The number of nitrogens with one attached hydrogen (secondary N) is 1. The van der Waals surface area contributed by atoms with Crippen molar-refractivity contribution in [3.8, 4) is 0 Å². The molecule has 19 heavy (non-hydrogen) atoms. The Balaban J connectivity index is 2.92. The molecule has 0 aliphatic carbocycles. The Morgan fingerprint density at radius 1 is 1.32 bits per heavy atom. The maximum atomic E-state index is 12.2. The normalized spacial score (nSPS) is 13.5. The van der Waals surface area contributed by atoms with Crippen molar-refractivity contribution in [3.63, 3.8) is 0 Å². The van der Waals surface area contributed by atoms with Gasteiger partial charge in [-0.1, -0.05) is 22.9 Å². The second kappa shape index (κ2) is 7.17. The fourth-order valence-corrected chi connectivity index (χ4v) is 4.35. The molecule has 1 unspecified atom stereocenters. The molecule has 1 atom stereocenters. The number of sulfonamides is 1. The fraction of sp³-hybridized carbons (Fsp3) is 0.500. The van der Waals surface area contributed by atoms with E-state index in [0.717, 1.165) is 10.0 Å². The molecule has 1 N–H and O–H groups in total. The lowest BCUT2D eigenvalue weighted by Crippen LogP contribution is -2.30. The Morgan fingerprint density at radius 2 is 1.95 bits per heavy atom. The van der Waals surface area contributed by atoms with E-state index < -0.39 is 10.0 Å². The minimum atomic E-state index is -3.53. The average Bonchev–Trinajstić information content (AvgIpc) is 2.31. The number of hydrogen-bond acceptors (Lipinski definition) is 3. The lowest BCUT2D eigenvalue weighted by atomic mass is 10.2. The van der Waals surface area contributed by atoms with Gasteiger partial charge in [0.1, 0.15) is 0 Å². The van der Waals surface area contributed by atoms with Gasteiger partial charge in [0.25, 0.3) is 0 Å². The molecule has 0 saturated carbocycles. The lowest BCUT2D eigenvalue weighted by molar-refractivity contribution is 0.161. The Bertz CT molecular complexity index is 546. The van der Waals surface area contributed by atoms with Crippen molar-refractivity contribution >= 4 is 41.9 Å². The predicted molar refractivity (Wildman–Crippen MR) is 82.8 cm³/mol. The molecule has 0 aliphatic heterocycles. The van der Waals surface area contributed by atoms with Crippen molar-refractivity contribution < 1.29 is 13.2 Å². The maximum Gasteiger partial charge on any atom is 0.241 e. The number of rotatable bonds is 6. The molecule has 108 valence electrons. The smallest absolute Gasteiger partial charge is 0.241 e. The van der Waals surface area contributed by atoms with Crippen molar-refractivity contribution in [1.29, 1.82) is 0 Å². The van der Waals surface area contributed by atoms with Gasteiger partial charge in [0, 0.05) is 29.2 Å². The van der Waals surface area contributed by atoms with E-state index in [2.05, 4.69) is 36.6 Å². The van der Waals surface area contributed by atoms with Gasteiger partial charge in [-0.15, -0.1) is 0 Å². The largest absolute Gasteiger partial charge is 0.384 e. The van der Waals surface area contributed by atoms with Crippen molar-refractivity contribution in [1.82, 2.24) is 4.72 Å². The zero-order valence-electron chi connectivity index (χ0n) is 11.0. The summed E-state index contributed by atoms with van der Waals surface area (Å²) in [7, 11) is -1.93. The summed E-state index contributed by atoms with van der Waals surface area (Å²) >= 11 is 6.63. The van der Waals surface area contributed by atoms with Gasteiger partial charge >= 0.3 is 0 Å². The van der Waals surface area contributed by atoms with Crippen LogP contribution in [-0.2, 0) is 14.8 Å². The third-order valence-corrected chi connectivity index (χ3v) is 5.81. The van der Waals surface area contributed by atoms with Crippen LogP contribution in [0.25, 0.3) is 0 Å². The zero-order valence-corrected chi connectivity index (χ0v) is 15.0. The van der Waals surface area contributed by atoms with E-state index in [1.807, 2.05) is 13.8 Å². The van der Waals surface area contributed by atoms with E-state index in [4.69, 9.17) is 4.74 Å². The minimum absolute atomic E-state index is 0.118. The lowest BCUT2D eigenvalue weighted by Gasteiger charge is -2.13. The molecule has 0 radical (unpaired) electrons. The van der Waals surface area contributed by atoms with Crippen LogP contribution in [0, 0.1) is 12.8 Å². The first kappa shape index (κ1) is 17.1. The molecule has 1 aromatic rings. The monoisotopic (exact) mass is 413 g/mol. The van der Waals surface area contributed by atoms with Crippen LogP contribution < -0.4 is 4.72 Å². The van der Waals surface area contributed by atoms with Crippen LogP contribution in [0.2, 0.25) is 0 Å². The highest BCUT2D eigenvalue weighted by Crippen LogP contribution is 2.28. The summed E-state index contributed by atoms with van der Waals surface area (Å²) in [4.78, 5) is 0.231. The Labute approximate surface area is 131 Å². The number of methoxy groups -OCH3 is 1. The molecule has 7 heteroatoms. The molecule has 0 heterocycles. The van der Waals surface area contributed by atoms with Gasteiger partial charge in [-0.05, 0) is 46.5 Å². The fourth-order valence-electron chi connectivity index (χ4n) is 1.51. The Kier molecular flexibility index (Phi) is 6.46. The topological polar surface area (TPSA) is 55.4 Å². The summed E-state index contributed by atoms with van der Waals surface area (Å²) in [6, 6.07) is 3.37. The quantitative estimate of drug-likeness (QED) is 0.778. The van der Waals surface area contributed by atoms with Crippen molar-refractivity contribution in [2.24, 2.45) is 5.92 Å². The van der Waals surface area contributed by atoms with E-state index in [9.17, 15) is 8.42 Å². The van der Waals surface area contributed by atoms with Gasteiger partial charge in [-0.3, -0.25) is 0 Å². The van der Waals surface area contributed by atoms with E-state index in [0.29, 0.717) is 17.6 Å². The summed E-state index contributed by atoms with van der Waals surface area (Å²) in [6.07, 6.45) is 0. The van der Waals surface area contributed by atoms with E-state index in [1.165, 1.54) is 0 Å². The standard InChI is InChI=1S/C12H17Br2NO3S/c1-8(7-18-3)6-15-19(16,17)12-5-10(13)9(2)4-11(12)14/h4-5,8,15H,6-7H2,1-3H3. The Morgan fingerprint density at radius 3 is 2.53 bits per heavy atom. The van der Waals surface area contributed by atoms with Gasteiger partial charge in [0.15, 0.2) is 0 Å². The van der Waals surface area contributed by atoms with Crippen LogP contribution in [0.1, 0.15) is 12.5 Å². The van der Waals surface area contributed by atoms with Gasteiger partial charge in [0.05, 0.1) is 4.90 Å². The number of aryl methyl sites for hydroxylation is 1. The summed E-state index contributed by atoms with van der Waals surface area (Å²) in [5.74, 6) is 0.118. The van der Waals surface area contributed by atoms with Crippen LogP contribution >= 0.6 is 31.9 Å². The zero-order chi connectivity index (χ0) is 14.6. The third kappa shape index (κ3) is 4.82. The number of halogens is 2. The average molecular weight is 415 g/mol. The first-order valence-electron chi connectivity index (χ1n) is 5.72. The second-order valence-corrected chi connectivity index (χ2v) is 7.89. The molecule has 0 spiro atoms. The third-order valence-electron chi connectivity index (χ3n) is 2.58. The molecule has 1 rings (SSSR count). The first-order chi connectivity index (χ1) is 8.77. The molecule has 0 aromatic heterocycles. The van der Waals surface area contributed by atoms with Gasteiger partial charge in [-0.25, -0.2) is 13.1 Å². The summed E-state index contributed by atoms with van der Waals surface area (Å²) < 4.78 is 33.3. The molecule has 0 saturated heterocycles. The maximum absolute atomic E-state index is 12.2. The highest BCUT2D eigenvalue weighted by Gasteiger charge is 2.19.